The Kier molecular flexibility index (Phi) is 7.82. The Bertz CT molecular complexity index is 1440. The first-order chi connectivity index (χ1) is 17.8. The van der Waals surface area contributed by atoms with Gasteiger partial charge in [-0.3, -0.25) is 9.52 Å². The molecule has 4 rings (SSSR count). The number of nitrogens with one attached hydrogen (secondary N) is 3. The summed E-state index contributed by atoms with van der Waals surface area (Å²) in [7, 11) is -3.58. The highest BCUT2D eigenvalue weighted by atomic mass is 32.2. The molecule has 2 atom stereocenters. The Labute approximate surface area is 218 Å². The number of aromatic nitrogens is 1. The van der Waals surface area contributed by atoms with Gasteiger partial charge in [0.05, 0.1) is 10.8 Å². The van der Waals surface area contributed by atoms with Crippen molar-refractivity contribution in [2.24, 2.45) is 0 Å². The predicted molar refractivity (Wildman–Crippen MR) is 138 cm³/mol. The zero-order valence-electron chi connectivity index (χ0n) is 20.8. The maximum atomic E-state index is 13.9. The Hall–Kier alpha value is -3.41. The molecule has 1 heterocycles. The van der Waals surface area contributed by atoms with E-state index >= 15 is 0 Å². The zero-order valence-corrected chi connectivity index (χ0v) is 21.6. The highest BCUT2D eigenvalue weighted by molar-refractivity contribution is 7.93. The number of carbonyl (C=O) groups is 1. The number of nitrogens with zero attached hydrogens (tertiary/aromatic N) is 1. The largest absolute Gasteiger partial charge is 0.433 e. The Balaban J connectivity index is 1.48. The van der Waals surface area contributed by atoms with Gasteiger partial charge in [-0.1, -0.05) is 6.07 Å². The van der Waals surface area contributed by atoms with Crippen molar-refractivity contribution in [2.75, 3.05) is 10.0 Å². The molecule has 2 aromatic carbocycles. The van der Waals surface area contributed by atoms with Crippen LogP contribution in [0.2, 0.25) is 0 Å². The fourth-order valence-electron chi connectivity index (χ4n) is 4.41. The lowest BCUT2D eigenvalue weighted by Crippen LogP contribution is -2.41. The Morgan fingerprint density at radius 1 is 1.05 bits per heavy atom. The van der Waals surface area contributed by atoms with Gasteiger partial charge in [0.1, 0.15) is 11.5 Å². The number of rotatable bonds is 7. The summed E-state index contributed by atoms with van der Waals surface area (Å²) >= 11 is 0. The first kappa shape index (κ1) is 27.6. The summed E-state index contributed by atoms with van der Waals surface area (Å²) in [6, 6.07) is 9.91. The number of sulfonamides is 1. The van der Waals surface area contributed by atoms with Gasteiger partial charge < -0.3 is 10.6 Å². The molecule has 38 heavy (non-hydrogen) atoms. The second-order valence-electron chi connectivity index (χ2n) is 9.67. The van der Waals surface area contributed by atoms with Gasteiger partial charge in [-0.15, -0.1) is 0 Å². The molecule has 0 saturated heterocycles. The van der Waals surface area contributed by atoms with Crippen molar-refractivity contribution in [1.82, 2.24) is 10.3 Å². The van der Waals surface area contributed by atoms with E-state index in [1.165, 1.54) is 12.1 Å². The van der Waals surface area contributed by atoms with E-state index in [-0.39, 0.29) is 39.9 Å². The number of pyridine rings is 1. The summed E-state index contributed by atoms with van der Waals surface area (Å²) < 4.78 is 80.9. The topological polar surface area (TPSA) is 100 Å². The number of benzene rings is 2. The fourth-order valence-corrected chi connectivity index (χ4v) is 5.10. The van der Waals surface area contributed by atoms with Gasteiger partial charge in [0, 0.05) is 34.4 Å². The molecule has 12 heteroatoms. The third-order valence-corrected chi connectivity index (χ3v) is 8.20. The lowest BCUT2D eigenvalue weighted by molar-refractivity contribution is -0.140. The quantitative estimate of drug-likeness (QED) is 0.327. The van der Waals surface area contributed by atoms with Crippen LogP contribution in [0.3, 0.4) is 0 Å². The fraction of sp³-hybridized carbons (Fsp3) is 0.385. The SMILES string of the molecule is CC(C)S(=O)(=O)Nc1cccc(C(=O)NC2CCCC(Nc3cc(C(F)(F)F)nc4ccc(F)cc34)C2)c1. The van der Waals surface area contributed by atoms with E-state index in [1.807, 2.05) is 0 Å². The zero-order chi connectivity index (χ0) is 27.7. The minimum Gasteiger partial charge on any atom is -0.382 e. The lowest BCUT2D eigenvalue weighted by atomic mass is 9.90. The van der Waals surface area contributed by atoms with E-state index in [1.54, 1.807) is 32.0 Å². The second-order valence-corrected chi connectivity index (χ2v) is 11.9. The first-order valence-electron chi connectivity index (χ1n) is 12.2. The summed E-state index contributed by atoms with van der Waals surface area (Å²) in [5.41, 5.74) is -0.379. The Morgan fingerprint density at radius 2 is 1.79 bits per heavy atom. The van der Waals surface area contributed by atoms with Crippen molar-refractivity contribution in [3.63, 3.8) is 0 Å². The molecule has 3 aromatic rings. The molecule has 2 unspecified atom stereocenters. The average molecular weight is 553 g/mol. The van der Waals surface area contributed by atoms with E-state index in [0.29, 0.717) is 25.7 Å². The van der Waals surface area contributed by atoms with Crippen molar-refractivity contribution in [2.45, 2.75) is 63.0 Å². The molecule has 0 aliphatic heterocycles. The van der Waals surface area contributed by atoms with Crippen LogP contribution in [0.25, 0.3) is 10.9 Å². The van der Waals surface area contributed by atoms with Crippen molar-refractivity contribution < 1.29 is 30.8 Å². The molecule has 3 N–H and O–H groups in total. The van der Waals surface area contributed by atoms with Gasteiger partial charge in [-0.05, 0) is 82.0 Å². The smallest absolute Gasteiger partial charge is 0.382 e. The average Bonchev–Trinajstić information content (AvgIpc) is 2.83. The number of alkyl halides is 3. The van der Waals surface area contributed by atoms with Crippen molar-refractivity contribution in [3.05, 3.63) is 65.6 Å². The van der Waals surface area contributed by atoms with Gasteiger partial charge in [0.15, 0.2) is 0 Å². The number of hydrogen-bond acceptors (Lipinski definition) is 5. The molecule has 1 fully saturated rings. The van der Waals surface area contributed by atoms with E-state index in [4.69, 9.17) is 0 Å². The van der Waals surface area contributed by atoms with Gasteiger partial charge in [0.25, 0.3) is 5.91 Å². The third-order valence-electron chi connectivity index (χ3n) is 6.44. The van der Waals surface area contributed by atoms with Crippen LogP contribution in [0.1, 0.15) is 55.6 Å². The van der Waals surface area contributed by atoms with Crippen LogP contribution in [-0.2, 0) is 16.2 Å². The van der Waals surface area contributed by atoms with Gasteiger partial charge in [0.2, 0.25) is 10.0 Å². The van der Waals surface area contributed by atoms with E-state index in [2.05, 4.69) is 20.3 Å². The molecular formula is C26H28F4N4O3S. The monoisotopic (exact) mass is 552 g/mol. The normalized spacial score (nSPS) is 18.4. The molecule has 0 bridgehead atoms. The molecule has 204 valence electrons. The molecule has 1 aromatic heterocycles. The third kappa shape index (κ3) is 6.53. The van der Waals surface area contributed by atoms with Crippen LogP contribution in [0, 0.1) is 5.82 Å². The van der Waals surface area contributed by atoms with Crippen LogP contribution in [0.15, 0.2) is 48.5 Å². The summed E-state index contributed by atoms with van der Waals surface area (Å²) in [4.78, 5) is 16.5. The van der Waals surface area contributed by atoms with Crippen LogP contribution < -0.4 is 15.4 Å². The number of hydrogen-bond donors (Lipinski definition) is 3. The molecule has 0 spiro atoms. The minimum absolute atomic E-state index is 0.0253. The molecular weight excluding hydrogens is 524 g/mol. The summed E-state index contributed by atoms with van der Waals surface area (Å²) in [6.07, 6.45) is -2.20. The van der Waals surface area contributed by atoms with E-state index < -0.39 is 38.9 Å². The first-order valence-corrected chi connectivity index (χ1v) is 13.7. The van der Waals surface area contributed by atoms with Crippen molar-refractivity contribution >= 4 is 38.2 Å². The van der Waals surface area contributed by atoms with Crippen LogP contribution >= 0.6 is 0 Å². The summed E-state index contributed by atoms with van der Waals surface area (Å²) in [6.45, 7) is 3.09. The standard InChI is InChI=1S/C26H28F4N4O3S/c1-15(2)38(36,37)34-20-8-3-5-16(11-20)25(35)32-19-7-4-6-18(13-19)31-23-14-24(26(28,29)30)33-22-10-9-17(27)12-21(22)23/h3,5,8-12,14-15,18-19,34H,4,6-7,13H2,1-2H3,(H,31,33)(H,32,35). The predicted octanol–water partition coefficient (Wildman–Crippen LogP) is 5.70. The van der Waals surface area contributed by atoms with Crippen LogP contribution in [0.5, 0.6) is 0 Å². The van der Waals surface area contributed by atoms with Crippen LogP contribution in [0.4, 0.5) is 28.9 Å². The molecule has 0 radical (unpaired) electrons. The van der Waals surface area contributed by atoms with E-state index in [9.17, 15) is 30.8 Å². The highest BCUT2D eigenvalue weighted by Gasteiger charge is 2.34. The van der Waals surface area contributed by atoms with Crippen LogP contribution in [-0.4, -0.2) is 36.6 Å². The van der Waals surface area contributed by atoms with Crippen molar-refractivity contribution in [1.29, 1.82) is 0 Å². The second kappa shape index (κ2) is 10.8. The van der Waals surface area contributed by atoms with Crippen molar-refractivity contribution in [3.8, 4) is 0 Å². The number of carbonyl (C=O) groups excluding carboxylic acids is 1. The molecule has 7 nitrogen and oxygen atoms in total. The number of anilines is 2. The molecule has 1 aliphatic rings. The highest BCUT2D eigenvalue weighted by Crippen LogP contribution is 2.34. The molecule has 1 saturated carbocycles. The number of fused-ring (bicyclic) bond motifs is 1. The number of halogens is 4. The minimum atomic E-state index is -4.67. The maximum Gasteiger partial charge on any atom is 0.433 e. The van der Waals surface area contributed by atoms with Gasteiger partial charge in [-0.2, -0.15) is 13.2 Å². The lowest BCUT2D eigenvalue weighted by Gasteiger charge is -2.31. The van der Waals surface area contributed by atoms with Gasteiger partial charge in [-0.25, -0.2) is 17.8 Å². The summed E-state index contributed by atoms with van der Waals surface area (Å²) in [5, 5.41) is 5.65. The van der Waals surface area contributed by atoms with E-state index in [0.717, 1.165) is 18.2 Å². The maximum absolute atomic E-state index is 13.9. The summed E-state index contributed by atoms with van der Waals surface area (Å²) in [5.74, 6) is -0.981. The molecule has 1 aliphatic carbocycles. The molecule has 1 amide bonds. The van der Waals surface area contributed by atoms with Gasteiger partial charge >= 0.3 is 6.18 Å². The number of amides is 1. The Morgan fingerprint density at radius 3 is 2.50 bits per heavy atom.